The number of anilines is 1. The number of rotatable bonds is 4. The van der Waals surface area contributed by atoms with Crippen molar-refractivity contribution in [1.82, 2.24) is 5.16 Å². The zero-order valence-electron chi connectivity index (χ0n) is 13.7. The van der Waals surface area contributed by atoms with Crippen LogP contribution in [0.3, 0.4) is 0 Å². The molecule has 0 aliphatic heterocycles. The summed E-state index contributed by atoms with van der Waals surface area (Å²) in [5.74, 6) is 0.417. The zero-order valence-corrected chi connectivity index (χ0v) is 13.7. The Labute approximate surface area is 146 Å². The summed E-state index contributed by atoms with van der Waals surface area (Å²) in [5, 5.41) is 4.64. The number of nitrogen functional groups attached to an aromatic ring is 1. The molecular formula is C21H19N3O. The van der Waals surface area contributed by atoms with Crippen LogP contribution >= 0.6 is 0 Å². The molecule has 4 rings (SSSR count). The summed E-state index contributed by atoms with van der Waals surface area (Å²) in [6, 6.07) is 24.5. The van der Waals surface area contributed by atoms with Crippen molar-refractivity contribution < 1.29 is 4.52 Å². The van der Waals surface area contributed by atoms with Crippen LogP contribution in [0, 0.1) is 0 Å². The highest BCUT2D eigenvalue weighted by Crippen LogP contribution is 2.29. The van der Waals surface area contributed by atoms with Gasteiger partial charge in [-0.05, 0) is 46.9 Å². The first-order valence-corrected chi connectivity index (χ1v) is 8.25. The molecule has 0 fully saturated rings. The molecule has 1 heterocycles. The highest BCUT2D eigenvalue weighted by Gasteiger charge is 2.10. The van der Waals surface area contributed by atoms with E-state index in [0.29, 0.717) is 11.4 Å². The first kappa shape index (κ1) is 15.4. The Morgan fingerprint density at radius 1 is 0.880 bits per heavy atom. The third kappa shape index (κ3) is 3.12. The van der Waals surface area contributed by atoms with Crippen LogP contribution in [0.5, 0.6) is 0 Å². The van der Waals surface area contributed by atoms with E-state index in [4.69, 9.17) is 16.0 Å². The van der Waals surface area contributed by atoms with Crippen LogP contribution < -0.4 is 11.5 Å². The number of benzene rings is 3. The lowest BCUT2D eigenvalue weighted by molar-refractivity contribution is 0.460. The molecule has 0 aliphatic rings. The summed E-state index contributed by atoms with van der Waals surface area (Å²) < 4.78 is 5.27. The van der Waals surface area contributed by atoms with Gasteiger partial charge in [-0.2, -0.15) is 0 Å². The van der Waals surface area contributed by atoms with Crippen LogP contribution in [0.4, 0.5) is 5.82 Å². The van der Waals surface area contributed by atoms with E-state index in [1.807, 2.05) is 42.5 Å². The molecule has 0 radical (unpaired) electrons. The normalized spacial score (nSPS) is 12.4. The SMILES string of the molecule is Nc1noc2cc(-c3cccc([C@@H](N)Cc4ccccc4)c3)ccc12. The fourth-order valence-corrected chi connectivity index (χ4v) is 3.07. The minimum atomic E-state index is -0.0491. The maximum atomic E-state index is 6.42. The van der Waals surface area contributed by atoms with Crippen molar-refractivity contribution in [1.29, 1.82) is 0 Å². The van der Waals surface area contributed by atoms with Gasteiger partial charge in [-0.3, -0.25) is 0 Å². The molecule has 124 valence electrons. The number of nitrogens with zero attached hydrogens (tertiary/aromatic N) is 1. The fourth-order valence-electron chi connectivity index (χ4n) is 3.07. The van der Waals surface area contributed by atoms with Gasteiger partial charge in [0.15, 0.2) is 11.4 Å². The van der Waals surface area contributed by atoms with Crippen LogP contribution in [0.2, 0.25) is 0 Å². The zero-order chi connectivity index (χ0) is 17.2. The van der Waals surface area contributed by atoms with Crippen LogP contribution in [0.15, 0.2) is 77.3 Å². The van der Waals surface area contributed by atoms with Crippen LogP contribution in [-0.2, 0) is 6.42 Å². The van der Waals surface area contributed by atoms with Gasteiger partial charge in [-0.25, -0.2) is 0 Å². The lowest BCUT2D eigenvalue weighted by Gasteiger charge is -2.14. The fraction of sp³-hybridized carbons (Fsp3) is 0.0952. The first-order chi connectivity index (χ1) is 12.2. The van der Waals surface area contributed by atoms with Crippen molar-refractivity contribution >= 4 is 16.8 Å². The van der Waals surface area contributed by atoms with E-state index in [2.05, 4.69) is 35.5 Å². The summed E-state index contributed by atoms with van der Waals surface area (Å²) in [6.07, 6.45) is 0.808. The van der Waals surface area contributed by atoms with Crippen LogP contribution in [0.25, 0.3) is 22.1 Å². The third-order valence-corrected chi connectivity index (χ3v) is 4.45. The largest absolute Gasteiger partial charge is 0.380 e. The number of hydrogen-bond acceptors (Lipinski definition) is 4. The maximum absolute atomic E-state index is 6.42. The minimum absolute atomic E-state index is 0.0491. The maximum Gasteiger partial charge on any atom is 0.174 e. The van der Waals surface area contributed by atoms with E-state index in [0.717, 1.165) is 28.5 Å². The van der Waals surface area contributed by atoms with Gasteiger partial charge in [-0.1, -0.05) is 59.8 Å². The Kier molecular flexibility index (Phi) is 3.96. The van der Waals surface area contributed by atoms with Crippen molar-refractivity contribution in [2.24, 2.45) is 5.73 Å². The first-order valence-electron chi connectivity index (χ1n) is 8.25. The second-order valence-electron chi connectivity index (χ2n) is 6.20. The lowest BCUT2D eigenvalue weighted by Crippen LogP contribution is -2.13. The summed E-state index contributed by atoms with van der Waals surface area (Å²) in [4.78, 5) is 0. The molecule has 0 aliphatic carbocycles. The molecule has 4 nitrogen and oxygen atoms in total. The van der Waals surface area contributed by atoms with Gasteiger partial charge in [0.2, 0.25) is 0 Å². The smallest absolute Gasteiger partial charge is 0.174 e. The van der Waals surface area contributed by atoms with Gasteiger partial charge in [-0.15, -0.1) is 0 Å². The molecule has 1 aromatic heterocycles. The Morgan fingerprint density at radius 2 is 1.68 bits per heavy atom. The predicted molar refractivity (Wildman–Crippen MR) is 101 cm³/mol. The van der Waals surface area contributed by atoms with Gasteiger partial charge in [0, 0.05) is 6.04 Å². The average molecular weight is 329 g/mol. The molecule has 4 aromatic rings. The third-order valence-electron chi connectivity index (χ3n) is 4.45. The summed E-state index contributed by atoms with van der Waals surface area (Å²) in [7, 11) is 0. The summed E-state index contributed by atoms with van der Waals surface area (Å²) >= 11 is 0. The van der Waals surface area contributed by atoms with E-state index >= 15 is 0 Å². The molecule has 4 heteroatoms. The monoisotopic (exact) mass is 329 g/mol. The molecule has 0 saturated heterocycles. The molecule has 0 bridgehead atoms. The van der Waals surface area contributed by atoms with Gasteiger partial charge in [0.25, 0.3) is 0 Å². The van der Waals surface area contributed by atoms with Crippen LogP contribution in [-0.4, -0.2) is 5.16 Å². The summed E-state index contributed by atoms with van der Waals surface area (Å²) in [6.45, 7) is 0. The number of aromatic nitrogens is 1. The molecule has 3 aromatic carbocycles. The quantitative estimate of drug-likeness (QED) is 0.584. The van der Waals surface area contributed by atoms with Gasteiger partial charge >= 0.3 is 0 Å². The summed E-state index contributed by atoms with van der Waals surface area (Å²) in [5.41, 5.74) is 17.4. The second-order valence-corrected chi connectivity index (χ2v) is 6.20. The molecule has 0 amide bonds. The second kappa shape index (κ2) is 6.42. The van der Waals surface area contributed by atoms with E-state index in [1.54, 1.807) is 0 Å². The molecule has 1 atom stereocenters. The minimum Gasteiger partial charge on any atom is -0.380 e. The van der Waals surface area contributed by atoms with E-state index < -0.39 is 0 Å². The predicted octanol–water partition coefficient (Wildman–Crippen LogP) is 4.32. The Balaban J connectivity index is 1.63. The topological polar surface area (TPSA) is 78.1 Å². The van der Waals surface area contributed by atoms with E-state index in [-0.39, 0.29) is 6.04 Å². The number of fused-ring (bicyclic) bond motifs is 1. The van der Waals surface area contributed by atoms with Gasteiger partial charge in [0.1, 0.15) is 0 Å². The van der Waals surface area contributed by atoms with E-state index in [1.165, 1.54) is 5.56 Å². The Hall–Kier alpha value is -3.11. The molecular weight excluding hydrogens is 310 g/mol. The molecule has 0 saturated carbocycles. The van der Waals surface area contributed by atoms with Gasteiger partial charge in [0.05, 0.1) is 5.39 Å². The highest BCUT2D eigenvalue weighted by molar-refractivity contribution is 5.90. The average Bonchev–Trinajstić information content (AvgIpc) is 3.03. The highest BCUT2D eigenvalue weighted by atomic mass is 16.5. The van der Waals surface area contributed by atoms with Crippen molar-refractivity contribution in [2.75, 3.05) is 5.73 Å². The standard InChI is InChI=1S/C21H19N3O/c22-19(11-14-5-2-1-3-6-14)17-8-4-7-15(12-17)16-9-10-18-20(13-16)25-24-21(18)23/h1-10,12-13,19H,11,22H2,(H2,23,24)/t19-/m0/s1. The molecule has 4 N–H and O–H groups in total. The molecule has 25 heavy (non-hydrogen) atoms. The van der Waals surface area contributed by atoms with Crippen LogP contribution in [0.1, 0.15) is 17.2 Å². The lowest BCUT2D eigenvalue weighted by atomic mass is 9.96. The Morgan fingerprint density at radius 3 is 2.52 bits per heavy atom. The Bertz CT molecular complexity index is 1010. The molecule has 0 unspecified atom stereocenters. The van der Waals surface area contributed by atoms with E-state index in [9.17, 15) is 0 Å². The number of hydrogen-bond donors (Lipinski definition) is 2. The van der Waals surface area contributed by atoms with Crippen molar-refractivity contribution in [3.8, 4) is 11.1 Å². The van der Waals surface area contributed by atoms with Gasteiger partial charge < -0.3 is 16.0 Å². The van der Waals surface area contributed by atoms with Crippen molar-refractivity contribution in [3.63, 3.8) is 0 Å². The molecule has 0 spiro atoms. The van der Waals surface area contributed by atoms with Crippen molar-refractivity contribution in [2.45, 2.75) is 12.5 Å². The van der Waals surface area contributed by atoms with Crippen molar-refractivity contribution in [3.05, 3.63) is 83.9 Å². The number of nitrogens with two attached hydrogens (primary N) is 2.